The highest BCUT2D eigenvalue weighted by Crippen LogP contribution is 2.24. The molecule has 0 saturated carbocycles. The van der Waals surface area contributed by atoms with E-state index < -0.39 is 17.3 Å². The van der Waals surface area contributed by atoms with Crippen molar-refractivity contribution in [2.24, 2.45) is 22.5 Å². The van der Waals surface area contributed by atoms with Crippen molar-refractivity contribution in [3.63, 3.8) is 0 Å². The van der Waals surface area contributed by atoms with Gasteiger partial charge < -0.3 is 16.2 Å². The molecule has 4 N–H and O–H groups in total. The molecule has 0 heterocycles. The van der Waals surface area contributed by atoms with E-state index in [4.69, 9.17) is 10.8 Å². The maximum atomic E-state index is 11.8. The zero-order valence-corrected chi connectivity index (χ0v) is 12.0. The molecular weight excluding hydrogens is 232 g/mol. The molecule has 0 aliphatic carbocycles. The van der Waals surface area contributed by atoms with E-state index in [0.29, 0.717) is 6.42 Å². The molecule has 0 radical (unpaired) electrons. The van der Waals surface area contributed by atoms with E-state index in [2.05, 4.69) is 5.32 Å². The Morgan fingerprint density at radius 1 is 1.22 bits per heavy atom. The van der Waals surface area contributed by atoms with Crippen LogP contribution in [0, 0.1) is 16.7 Å². The minimum atomic E-state index is -0.879. The van der Waals surface area contributed by atoms with Gasteiger partial charge in [-0.15, -0.1) is 0 Å². The Balaban J connectivity index is 4.47. The fourth-order valence-electron chi connectivity index (χ4n) is 1.53. The van der Waals surface area contributed by atoms with Crippen LogP contribution >= 0.6 is 0 Å². The lowest BCUT2D eigenvalue weighted by Gasteiger charge is -2.26. The lowest BCUT2D eigenvalue weighted by atomic mass is 9.84. The van der Waals surface area contributed by atoms with Gasteiger partial charge in [-0.25, -0.2) is 0 Å². The summed E-state index contributed by atoms with van der Waals surface area (Å²) in [6.07, 6.45) is 0.520. The zero-order valence-electron chi connectivity index (χ0n) is 12.0. The summed E-state index contributed by atoms with van der Waals surface area (Å²) in [4.78, 5) is 22.9. The quantitative estimate of drug-likeness (QED) is 0.668. The van der Waals surface area contributed by atoms with Gasteiger partial charge in [0.25, 0.3) is 0 Å². The SMILES string of the molecule is CC(C)(C)CC(CNC(=O)C(C)(C)CN)C(=O)O. The van der Waals surface area contributed by atoms with Gasteiger partial charge in [0.15, 0.2) is 0 Å². The van der Waals surface area contributed by atoms with Crippen LogP contribution in [0.5, 0.6) is 0 Å². The van der Waals surface area contributed by atoms with Crippen LogP contribution in [0.3, 0.4) is 0 Å². The van der Waals surface area contributed by atoms with Crippen LogP contribution in [-0.4, -0.2) is 30.1 Å². The maximum Gasteiger partial charge on any atom is 0.308 e. The van der Waals surface area contributed by atoms with Crippen LogP contribution in [-0.2, 0) is 9.59 Å². The van der Waals surface area contributed by atoms with Crippen molar-refractivity contribution in [1.29, 1.82) is 0 Å². The number of carboxylic acid groups (broad SMARTS) is 1. The second-order valence-electron chi connectivity index (χ2n) is 6.60. The van der Waals surface area contributed by atoms with Crippen LogP contribution < -0.4 is 11.1 Å². The van der Waals surface area contributed by atoms with E-state index in [-0.39, 0.29) is 24.4 Å². The minimum Gasteiger partial charge on any atom is -0.481 e. The lowest BCUT2D eigenvalue weighted by Crippen LogP contribution is -2.44. The first kappa shape index (κ1) is 16.9. The van der Waals surface area contributed by atoms with Gasteiger partial charge in [0, 0.05) is 13.1 Å². The smallest absolute Gasteiger partial charge is 0.308 e. The van der Waals surface area contributed by atoms with Crippen molar-refractivity contribution in [3.05, 3.63) is 0 Å². The highest BCUT2D eigenvalue weighted by Gasteiger charge is 2.29. The summed E-state index contributed by atoms with van der Waals surface area (Å²) in [7, 11) is 0. The molecule has 5 nitrogen and oxygen atoms in total. The molecule has 0 aromatic heterocycles. The summed E-state index contributed by atoms with van der Waals surface area (Å²) >= 11 is 0. The molecule has 0 aliphatic rings. The van der Waals surface area contributed by atoms with Gasteiger partial charge >= 0.3 is 5.97 Å². The number of hydrogen-bond acceptors (Lipinski definition) is 3. The second kappa shape index (κ2) is 6.18. The number of rotatable bonds is 6. The summed E-state index contributed by atoms with van der Waals surface area (Å²) in [6.45, 7) is 9.80. The molecular formula is C13H26N2O3. The Kier molecular flexibility index (Phi) is 5.80. The van der Waals surface area contributed by atoms with Gasteiger partial charge in [-0.3, -0.25) is 9.59 Å². The highest BCUT2D eigenvalue weighted by molar-refractivity contribution is 5.82. The van der Waals surface area contributed by atoms with Crippen molar-refractivity contribution in [2.45, 2.75) is 41.0 Å². The summed E-state index contributed by atoms with van der Waals surface area (Å²) in [5.74, 6) is -1.65. The van der Waals surface area contributed by atoms with Crippen LogP contribution in [0.1, 0.15) is 41.0 Å². The zero-order chi connectivity index (χ0) is 14.6. The second-order valence-corrected chi connectivity index (χ2v) is 6.60. The van der Waals surface area contributed by atoms with E-state index in [1.165, 1.54) is 0 Å². The molecule has 1 unspecified atom stereocenters. The minimum absolute atomic E-state index is 0.0861. The number of nitrogens with two attached hydrogens (primary N) is 1. The van der Waals surface area contributed by atoms with E-state index in [1.807, 2.05) is 20.8 Å². The van der Waals surface area contributed by atoms with E-state index in [0.717, 1.165) is 0 Å². The van der Waals surface area contributed by atoms with Gasteiger partial charge in [-0.2, -0.15) is 0 Å². The van der Waals surface area contributed by atoms with Crippen LogP contribution in [0.25, 0.3) is 0 Å². The predicted molar refractivity (Wildman–Crippen MR) is 71.0 cm³/mol. The molecule has 0 rings (SSSR count). The van der Waals surface area contributed by atoms with Crippen molar-refractivity contribution in [3.8, 4) is 0 Å². The third-order valence-electron chi connectivity index (χ3n) is 2.84. The first-order valence-corrected chi connectivity index (χ1v) is 6.21. The summed E-state index contributed by atoms with van der Waals surface area (Å²) in [5, 5.41) is 11.8. The number of carbonyl (C=O) groups is 2. The Hall–Kier alpha value is -1.10. The van der Waals surface area contributed by atoms with Crippen LogP contribution in [0.2, 0.25) is 0 Å². The fraction of sp³-hybridized carbons (Fsp3) is 0.846. The largest absolute Gasteiger partial charge is 0.481 e. The average Bonchev–Trinajstić information content (AvgIpc) is 2.21. The summed E-state index contributed by atoms with van der Waals surface area (Å²) < 4.78 is 0. The van der Waals surface area contributed by atoms with Crippen LogP contribution in [0.4, 0.5) is 0 Å². The number of amides is 1. The average molecular weight is 258 g/mol. The van der Waals surface area contributed by atoms with Crippen molar-refractivity contribution >= 4 is 11.9 Å². The van der Waals surface area contributed by atoms with Gasteiger partial charge in [0.1, 0.15) is 0 Å². The highest BCUT2D eigenvalue weighted by atomic mass is 16.4. The topological polar surface area (TPSA) is 92.4 Å². The Labute approximate surface area is 109 Å². The van der Waals surface area contributed by atoms with Gasteiger partial charge in [-0.05, 0) is 25.7 Å². The third-order valence-corrected chi connectivity index (χ3v) is 2.84. The fourth-order valence-corrected chi connectivity index (χ4v) is 1.53. The van der Waals surface area contributed by atoms with E-state index >= 15 is 0 Å². The molecule has 106 valence electrons. The van der Waals surface area contributed by atoms with Crippen molar-refractivity contribution in [2.75, 3.05) is 13.1 Å². The number of carbonyl (C=O) groups excluding carboxylic acids is 1. The van der Waals surface area contributed by atoms with E-state index in [1.54, 1.807) is 13.8 Å². The summed E-state index contributed by atoms with van der Waals surface area (Å²) in [6, 6.07) is 0. The van der Waals surface area contributed by atoms with Gasteiger partial charge in [0.2, 0.25) is 5.91 Å². The first-order valence-electron chi connectivity index (χ1n) is 6.21. The monoisotopic (exact) mass is 258 g/mol. The molecule has 0 aromatic rings. The Bertz CT molecular complexity index is 306. The van der Waals surface area contributed by atoms with Gasteiger partial charge in [-0.1, -0.05) is 20.8 Å². The first-order chi connectivity index (χ1) is 7.99. The molecule has 0 aromatic carbocycles. The van der Waals surface area contributed by atoms with Crippen molar-refractivity contribution in [1.82, 2.24) is 5.32 Å². The molecule has 0 aliphatic heterocycles. The van der Waals surface area contributed by atoms with Crippen LogP contribution in [0.15, 0.2) is 0 Å². The number of nitrogens with one attached hydrogen (secondary N) is 1. The number of carboxylic acids is 1. The van der Waals surface area contributed by atoms with Gasteiger partial charge in [0.05, 0.1) is 11.3 Å². The normalized spacial score (nSPS) is 14.1. The molecule has 0 spiro atoms. The standard InChI is InChI=1S/C13H26N2O3/c1-12(2,3)6-9(10(16)17)7-15-11(18)13(4,5)8-14/h9H,6-8,14H2,1-5H3,(H,15,18)(H,16,17). The number of aliphatic carboxylic acids is 1. The Morgan fingerprint density at radius 3 is 2.06 bits per heavy atom. The van der Waals surface area contributed by atoms with Crippen molar-refractivity contribution < 1.29 is 14.7 Å². The molecule has 1 atom stereocenters. The Morgan fingerprint density at radius 2 is 1.72 bits per heavy atom. The molecule has 18 heavy (non-hydrogen) atoms. The summed E-state index contributed by atoms with van der Waals surface area (Å²) in [5.41, 5.74) is 4.75. The molecule has 0 fully saturated rings. The molecule has 0 bridgehead atoms. The third kappa shape index (κ3) is 6.00. The molecule has 1 amide bonds. The molecule has 0 saturated heterocycles. The number of hydrogen-bond donors (Lipinski definition) is 3. The lowest BCUT2D eigenvalue weighted by molar-refractivity contribution is -0.143. The maximum absolute atomic E-state index is 11.8. The predicted octanol–water partition coefficient (Wildman–Crippen LogP) is 1.22. The molecule has 5 heteroatoms. The van der Waals surface area contributed by atoms with E-state index in [9.17, 15) is 9.59 Å².